The standard InChI is InChI=1S/C19H25N3O/c1-14(23)17-8-19(22(4)12-17)13-20(2)9-15-5-6-16-10-21(3)11-18(16)7-15/h5-8,12H,9-11,13H2,1-4H3. The smallest absolute Gasteiger partial charge is 0.161 e. The fourth-order valence-electron chi connectivity index (χ4n) is 3.32. The van der Waals surface area contributed by atoms with Crippen molar-refractivity contribution in [1.82, 2.24) is 14.4 Å². The lowest BCUT2D eigenvalue weighted by atomic mass is 10.1. The van der Waals surface area contributed by atoms with E-state index < -0.39 is 0 Å². The molecule has 1 aliphatic rings. The highest BCUT2D eigenvalue weighted by Crippen LogP contribution is 2.23. The summed E-state index contributed by atoms with van der Waals surface area (Å²) in [5.74, 6) is 0.122. The van der Waals surface area contributed by atoms with Crippen LogP contribution in [0.2, 0.25) is 0 Å². The molecule has 4 heteroatoms. The first-order valence-electron chi connectivity index (χ1n) is 8.06. The van der Waals surface area contributed by atoms with Crippen LogP contribution in [0.5, 0.6) is 0 Å². The second kappa shape index (κ2) is 6.30. The van der Waals surface area contributed by atoms with E-state index in [1.807, 2.05) is 23.9 Å². The molecule has 1 aromatic heterocycles. The Morgan fingerprint density at radius 3 is 2.57 bits per heavy atom. The summed E-state index contributed by atoms with van der Waals surface area (Å²) in [5.41, 5.74) is 6.21. The van der Waals surface area contributed by atoms with Gasteiger partial charge in [-0.05, 0) is 43.8 Å². The number of rotatable bonds is 5. The molecule has 0 saturated heterocycles. The number of Topliss-reactive ketones (excluding diaryl/α,β-unsaturated/α-hetero) is 1. The molecule has 3 rings (SSSR count). The Balaban J connectivity index is 1.67. The molecule has 1 aliphatic heterocycles. The Morgan fingerprint density at radius 2 is 1.87 bits per heavy atom. The minimum absolute atomic E-state index is 0.122. The molecule has 0 amide bonds. The summed E-state index contributed by atoms with van der Waals surface area (Å²) in [4.78, 5) is 16.1. The van der Waals surface area contributed by atoms with Gasteiger partial charge in [-0.2, -0.15) is 0 Å². The summed E-state index contributed by atoms with van der Waals surface area (Å²) < 4.78 is 2.05. The monoisotopic (exact) mass is 311 g/mol. The first-order chi connectivity index (χ1) is 10.9. The highest BCUT2D eigenvalue weighted by molar-refractivity contribution is 5.94. The molecule has 1 aromatic carbocycles. The first kappa shape index (κ1) is 16.0. The van der Waals surface area contributed by atoms with Crippen molar-refractivity contribution < 1.29 is 4.79 Å². The summed E-state index contributed by atoms with van der Waals surface area (Å²) in [6.07, 6.45) is 1.91. The number of carbonyl (C=O) groups is 1. The largest absolute Gasteiger partial charge is 0.353 e. The predicted molar refractivity (Wildman–Crippen MR) is 92.2 cm³/mol. The van der Waals surface area contributed by atoms with E-state index in [2.05, 4.69) is 42.1 Å². The molecule has 2 heterocycles. The fourth-order valence-corrected chi connectivity index (χ4v) is 3.32. The third-order valence-electron chi connectivity index (χ3n) is 4.55. The number of aryl methyl sites for hydroxylation is 1. The lowest BCUT2D eigenvalue weighted by Crippen LogP contribution is -2.18. The highest BCUT2D eigenvalue weighted by Gasteiger charge is 2.16. The van der Waals surface area contributed by atoms with Gasteiger partial charge in [-0.25, -0.2) is 0 Å². The predicted octanol–water partition coefficient (Wildman–Crippen LogP) is 2.81. The Kier molecular flexibility index (Phi) is 4.37. The van der Waals surface area contributed by atoms with Gasteiger partial charge < -0.3 is 4.57 Å². The summed E-state index contributed by atoms with van der Waals surface area (Å²) in [5, 5.41) is 0. The zero-order valence-electron chi connectivity index (χ0n) is 14.5. The average molecular weight is 311 g/mol. The van der Waals surface area contributed by atoms with Gasteiger partial charge in [0, 0.05) is 50.7 Å². The maximum atomic E-state index is 11.5. The Bertz CT molecular complexity index is 732. The van der Waals surface area contributed by atoms with E-state index in [1.54, 1.807) is 6.92 Å². The lowest BCUT2D eigenvalue weighted by molar-refractivity contribution is 0.101. The molecule has 0 atom stereocenters. The molecule has 4 nitrogen and oxygen atoms in total. The van der Waals surface area contributed by atoms with Crippen molar-refractivity contribution in [2.24, 2.45) is 7.05 Å². The van der Waals surface area contributed by atoms with Crippen molar-refractivity contribution in [3.05, 3.63) is 58.4 Å². The van der Waals surface area contributed by atoms with E-state index in [9.17, 15) is 4.79 Å². The van der Waals surface area contributed by atoms with Crippen LogP contribution in [-0.4, -0.2) is 34.2 Å². The van der Waals surface area contributed by atoms with Gasteiger partial charge >= 0.3 is 0 Å². The quantitative estimate of drug-likeness (QED) is 0.795. The zero-order valence-corrected chi connectivity index (χ0v) is 14.5. The third-order valence-corrected chi connectivity index (χ3v) is 4.55. The molecule has 0 spiro atoms. The van der Waals surface area contributed by atoms with E-state index in [4.69, 9.17) is 0 Å². The van der Waals surface area contributed by atoms with Crippen LogP contribution in [0.1, 0.15) is 39.7 Å². The van der Waals surface area contributed by atoms with Crippen molar-refractivity contribution in [3.63, 3.8) is 0 Å². The number of carbonyl (C=O) groups excluding carboxylic acids is 1. The maximum Gasteiger partial charge on any atom is 0.161 e. The van der Waals surface area contributed by atoms with Gasteiger partial charge in [0.1, 0.15) is 0 Å². The fraction of sp³-hybridized carbons (Fsp3) is 0.421. The maximum absolute atomic E-state index is 11.5. The van der Waals surface area contributed by atoms with Gasteiger partial charge in [-0.15, -0.1) is 0 Å². The van der Waals surface area contributed by atoms with Crippen molar-refractivity contribution in [2.45, 2.75) is 33.1 Å². The van der Waals surface area contributed by atoms with Gasteiger partial charge in [0.15, 0.2) is 5.78 Å². The third kappa shape index (κ3) is 3.54. The second-order valence-electron chi connectivity index (χ2n) is 6.83. The first-order valence-corrected chi connectivity index (χ1v) is 8.06. The summed E-state index contributed by atoms with van der Waals surface area (Å²) in [6.45, 7) is 5.47. The number of hydrogen-bond donors (Lipinski definition) is 0. The molecule has 0 fully saturated rings. The Labute approximate surface area is 138 Å². The molecular weight excluding hydrogens is 286 g/mol. The van der Waals surface area contributed by atoms with E-state index in [1.165, 1.54) is 22.4 Å². The number of fused-ring (bicyclic) bond motifs is 1. The molecule has 23 heavy (non-hydrogen) atoms. The van der Waals surface area contributed by atoms with Crippen LogP contribution in [0.3, 0.4) is 0 Å². The summed E-state index contributed by atoms with van der Waals surface area (Å²) in [6, 6.07) is 8.83. The number of benzene rings is 1. The van der Waals surface area contributed by atoms with Crippen molar-refractivity contribution >= 4 is 5.78 Å². The summed E-state index contributed by atoms with van der Waals surface area (Å²) >= 11 is 0. The van der Waals surface area contributed by atoms with Crippen LogP contribution in [0.4, 0.5) is 0 Å². The van der Waals surface area contributed by atoms with Gasteiger partial charge in [0.05, 0.1) is 0 Å². The molecule has 0 aliphatic carbocycles. The van der Waals surface area contributed by atoms with Gasteiger partial charge in [0.25, 0.3) is 0 Å². The Morgan fingerprint density at radius 1 is 1.13 bits per heavy atom. The van der Waals surface area contributed by atoms with Gasteiger partial charge in [-0.1, -0.05) is 18.2 Å². The van der Waals surface area contributed by atoms with Crippen LogP contribution in [-0.2, 0) is 33.2 Å². The normalized spacial score (nSPS) is 14.5. The van der Waals surface area contributed by atoms with E-state index >= 15 is 0 Å². The molecule has 2 aromatic rings. The highest BCUT2D eigenvalue weighted by atomic mass is 16.1. The van der Waals surface area contributed by atoms with Gasteiger partial charge in [-0.3, -0.25) is 14.6 Å². The van der Waals surface area contributed by atoms with Crippen LogP contribution in [0.25, 0.3) is 0 Å². The van der Waals surface area contributed by atoms with E-state index in [-0.39, 0.29) is 5.78 Å². The van der Waals surface area contributed by atoms with Crippen molar-refractivity contribution in [3.8, 4) is 0 Å². The lowest BCUT2D eigenvalue weighted by Gasteiger charge is -2.17. The number of ketones is 1. The molecular formula is C19H25N3O. The number of aromatic nitrogens is 1. The number of hydrogen-bond acceptors (Lipinski definition) is 3. The van der Waals surface area contributed by atoms with Crippen LogP contribution in [0.15, 0.2) is 30.5 Å². The van der Waals surface area contributed by atoms with Crippen molar-refractivity contribution in [1.29, 1.82) is 0 Å². The number of nitrogens with zero attached hydrogens (tertiary/aromatic N) is 3. The van der Waals surface area contributed by atoms with E-state index in [0.29, 0.717) is 0 Å². The minimum Gasteiger partial charge on any atom is -0.353 e. The average Bonchev–Trinajstić information content (AvgIpc) is 3.01. The van der Waals surface area contributed by atoms with Crippen LogP contribution in [0, 0.1) is 0 Å². The SMILES string of the molecule is CC(=O)c1cc(CN(C)Cc2ccc3c(c2)CN(C)C3)n(C)c1. The Hall–Kier alpha value is -1.91. The molecule has 0 saturated carbocycles. The molecule has 0 unspecified atom stereocenters. The van der Waals surface area contributed by atoms with Crippen LogP contribution >= 0.6 is 0 Å². The van der Waals surface area contributed by atoms with E-state index in [0.717, 1.165) is 31.7 Å². The molecule has 0 N–H and O–H groups in total. The van der Waals surface area contributed by atoms with Gasteiger partial charge in [0.2, 0.25) is 0 Å². The second-order valence-corrected chi connectivity index (χ2v) is 6.83. The molecule has 0 bridgehead atoms. The zero-order chi connectivity index (χ0) is 16.6. The molecule has 0 radical (unpaired) electrons. The van der Waals surface area contributed by atoms with Crippen molar-refractivity contribution in [2.75, 3.05) is 14.1 Å². The summed E-state index contributed by atoms with van der Waals surface area (Å²) in [7, 11) is 6.29. The minimum atomic E-state index is 0.122. The molecule has 122 valence electrons. The topological polar surface area (TPSA) is 28.5 Å². The van der Waals surface area contributed by atoms with Crippen LogP contribution < -0.4 is 0 Å².